The van der Waals surface area contributed by atoms with Gasteiger partial charge in [0.25, 0.3) is 5.91 Å². The van der Waals surface area contributed by atoms with E-state index in [1.165, 1.54) is 6.92 Å². The van der Waals surface area contributed by atoms with Crippen LogP contribution in [0.4, 0.5) is 5.69 Å². The Morgan fingerprint density at radius 3 is 2.36 bits per heavy atom. The molecule has 22 heavy (non-hydrogen) atoms. The molecule has 0 saturated heterocycles. The number of alkyl halides is 2. The highest BCUT2D eigenvalue weighted by Gasteiger charge is 2.69. The number of hydrogen-bond donors (Lipinski definition) is 1. The average molecular weight is 348 g/mol. The maximum absolute atomic E-state index is 12.2. The molecule has 122 valence electrons. The number of aromatic nitrogens is 2. The van der Waals surface area contributed by atoms with E-state index in [2.05, 4.69) is 10.4 Å². The van der Waals surface area contributed by atoms with Crippen LogP contribution in [0.15, 0.2) is 0 Å². The molecule has 1 heterocycles. The number of nitrogens with zero attached hydrogens (tertiary/aromatic N) is 2. The molecule has 2 atom stereocenters. The zero-order valence-corrected chi connectivity index (χ0v) is 14.7. The Morgan fingerprint density at radius 2 is 1.95 bits per heavy atom. The number of aryl methyl sites for hydroxylation is 2. The van der Waals surface area contributed by atoms with Crippen LogP contribution in [-0.4, -0.2) is 32.1 Å². The van der Waals surface area contributed by atoms with Crippen molar-refractivity contribution in [2.45, 2.75) is 44.6 Å². The van der Waals surface area contributed by atoms with E-state index >= 15 is 0 Å². The van der Waals surface area contributed by atoms with E-state index in [1.807, 2.05) is 6.92 Å². The van der Waals surface area contributed by atoms with Gasteiger partial charge in [0.1, 0.15) is 9.75 Å². The number of rotatable bonds is 4. The van der Waals surface area contributed by atoms with Crippen molar-refractivity contribution < 1.29 is 14.3 Å². The monoisotopic (exact) mass is 347 g/mol. The summed E-state index contributed by atoms with van der Waals surface area (Å²) < 4.78 is 5.74. The molecule has 1 fully saturated rings. The first kappa shape index (κ1) is 17.1. The number of halogens is 2. The Balaban J connectivity index is 2.00. The van der Waals surface area contributed by atoms with E-state index in [-0.39, 0.29) is 0 Å². The van der Waals surface area contributed by atoms with E-state index in [0.717, 1.165) is 5.69 Å². The summed E-state index contributed by atoms with van der Waals surface area (Å²) in [4.78, 5) is 24.2. The number of hydrogen-bond acceptors (Lipinski definition) is 4. The normalized spacial score (nSPS) is 23.8. The lowest BCUT2D eigenvalue weighted by Crippen LogP contribution is -2.33. The minimum atomic E-state index is -1.11. The van der Waals surface area contributed by atoms with Gasteiger partial charge >= 0.3 is 5.97 Å². The minimum absolute atomic E-state index is 0.317. The number of esters is 1. The SMILES string of the molecule is Cc1nn(C)c(C)c1NC(=O)[C@H](C)OC(=O)[C@]1(C)CC1(Cl)Cl. The van der Waals surface area contributed by atoms with Crippen LogP contribution in [0.5, 0.6) is 0 Å². The second-order valence-corrected chi connectivity index (χ2v) is 7.40. The van der Waals surface area contributed by atoms with E-state index in [4.69, 9.17) is 27.9 Å². The summed E-state index contributed by atoms with van der Waals surface area (Å²) in [6.45, 7) is 6.76. The molecule has 0 aliphatic heterocycles. The summed E-state index contributed by atoms with van der Waals surface area (Å²) in [6.07, 6.45) is -0.634. The van der Waals surface area contributed by atoms with E-state index in [0.29, 0.717) is 17.8 Å². The van der Waals surface area contributed by atoms with Crippen molar-refractivity contribution in [1.29, 1.82) is 0 Å². The predicted molar refractivity (Wildman–Crippen MR) is 84.0 cm³/mol. The van der Waals surface area contributed by atoms with Gasteiger partial charge in [0.2, 0.25) is 0 Å². The number of carbonyl (C=O) groups excluding carboxylic acids is 2. The highest BCUT2D eigenvalue weighted by atomic mass is 35.5. The van der Waals surface area contributed by atoms with Crippen LogP contribution < -0.4 is 5.32 Å². The zero-order chi connectivity index (χ0) is 16.9. The summed E-state index contributed by atoms with van der Waals surface area (Å²) in [7, 11) is 1.79. The Morgan fingerprint density at radius 1 is 1.41 bits per heavy atom. The van der Waals surface area contributed by atoms with Gasteiger partial charge < -0.3 is 10.1 Å². The lowest BCUT2D eigenvalue weighted by Gasteiger charge is -2.17. The summed E-state index contributed by atoms with van der Waals surface area (Å²) in [5.74, 6) is -0.994. The lowest BCUT2D eigenvalue weighted by atomic mass is 10.1. The molecule has 1 saturated carbocycles. The summed E-state index contributed by atoms with van der Waals surface area (Å²) in [5, 5.41) is 6.94. The summed E-state index contributed by atoms with van der Waals surface area (Å²) in [6, 6.07) is 0. The van der Waals surface area contributed by atoms with E-state index < -0.39 is 27.7 Å². The molecule has 0 spiro atoms. The smallest absolute Gasteiger partial charge is 0.315 e. The molecule has 1 aliphatic rings. The molecule has 0 unspecified atom stereocenters. The van der Waals surface area contributed by atoms with Crippen molar-refractivity contribution in [3.05, 3.63) is 11.4 Å². The Hall–Kier alpha value is -1.27. The first-order valence-corrected chi connectivity index (χ1v) is 7.65. The molecule has 0 radical (unpaired) electrons. The fraction of sp³-hybridized carbons (Fsp3) is 0.643. The van der Waals surface area contributed by atoms with Crippen LogP contribution in [0, 0.1) is 19.3 Å². The predicted octanol–water partition coefficient (Wildman–Crippen LogP) is 2.49. The molecule has 0 bridgehead atoms. The molecule has 1 aromatic rings. The Kier molecular flexibility index (Phi) is 4.21. The molecule has 0 aromatic carbocycles. The van der Waals surface area contributed by atoms with Crippen molar-refractivity contribution >= 4 is 40.8 Å². The van der Waals surface area contributed by atoms with Crippen molar-refractivity contribution in [1.82, 2.24) is 9.78 Å². The fourth-order valence-corrected chi connectivity index (χ4v) is 2.83. The van der Waals surface area contributed by atoms with Gasteiger partial charge in [-0.25, -0.2) is 0 Å². The van der Waals surface area contributed by atoms with Gasteiger partial charge in [-0.15, -0.1) is 23.2 Å². The highest BCUT2D eigenvalue weighted by Crippen LogP contribution is 2.64. The van der Waals surface area contributed by atoms with Gasteiger partial charge in [-0.1, -0.05) is 0 Å². The quantitative estimate of drug-likeness (QED) is 0.670. The average Bonchev–Trinajstić information content (AvgIpc) is 2.84. The molecule has 1 aromatic heterocycles. The largest absolute Gasteiger partial charge is 0.452 e. The maximum Gasteiger partial charge on any atom is 0.315 e. The summed E-state index contributed by atoms with van der Waals surface area (Å²) >= 11 is 11.9. The van der Waals surface area contributed by atoms with Crippen molar-refractivity contribution in [2.75, 3.05) is 5.32 Å². The van der Waals surface area contributed by atoms with Gasteiger partial charge in [0.15, 0.2) is 6.10 Å². The number of carbonyl (C=O) groups is 2. The van der Waals surface area contributed by atoms with Crippen LogP contribution in [0.2, 0.25) is 0 Å². The van der Waals surface area contributed by atoms with Gasteiger partial charge in [0, 0.05) is 13.5 Å². The summed E-state index contributed by atoms with van der Waals surface area (Å²) in [5.41, 5.74) is 1.18. The van der Waals surface area contributed by atoms with Crippen LogP contribution >= 0.6 is 23.2 Å². The zero-order valence-electron chi connectivity index (χ0n) is 13.2. The van der Waals surface area contributed by atoms with E-state index in [9.17, 15) is 9.59 Å². The molecule has 8 heteroatoms. The lowest BCUT2D eigenvalue weighted by molar-refractivity contribution is -0.158. The standard InChI is InChI=1S/C14H19Cl2N3O3/c1-7-10(8(2)19(5)18-7)17-11(20)9(3)22-12(21)13(4)6-14(13,15)16/h9H,6H2,1-5H3,(H,17,20)/t9-,13-/m0/s1. The Labute approximate surface area is 139 Å². The first-order valence-electron chi connectivity index (χ1n) is 6.89. The van der Waals surface area contributed by atoms with Crippen molar-refractivity contribution in [2.24, 2.45) is 12.5 Å². The van der Waals surface area contributed by atoms with Gasteiger partial charge in [-0.3, -0.25) is 14.3 Å². The van der Waals surface area contributed by atoms with Gasteiger partial charge in [-0.05, 0) is 27.7 Å². The molecule has 1 N–H and O–H groups in total. The van der Waals surface area contributed by atoms with Crippen LogP contribution in [0.3, 0.4) is 0 Å². The van der Waals surface area contributed by atoms with Crippen LogP contribution in [-0.2, 0) is 21.4 Å². The maximum atomic E-state index is 12.2. The minimum Gasteiger partial charge on any atom is -0.452 e. The molecule has 1 aliphatic carbocycles. The van der Waals surface area contributed by atoms with Crippen LogP contribution in [0.25, 0.3) is 0 Å². The third kappa shape index (κ3) is 2.82. The number of amides is 1. The molecule has 1 amide bonds. The number of anilines is 1. The second-order valence-electron chi connectivity index (χ2n) is 5.92. The fourth-order valence-electron chi connectivity index (χ4n) is 2.14. The molecule has 6 nitrogen and oxygen atoms in total. The third-order valence-electron chi connectivity index (χ3n) is 4.12. The topological polar surface area (TPSA) is 73.2 Å². The molecular formula is C14H19Cl2N3O3. The highest BCUT2D eigenvalue weighted by molar-refractivity contribution is 6.53. The second kappa shape index (κ2) is 5.42. The number of nitrogens with one attached hydrogen (secondary N) is 1. The van der Waals surface area contributed by atoms with Crippen LogP contribution in [0.1, 0.15) is 31.7 Å². The number of ether oxygens (including phenoxy) is 1. The van der Waals surface area contributed by atoms with Crippen molar-refractivity contribution in [3.8, 4) is 0 Å². The molecular weight excluding hydrogens is 329 g/mol. The van der Waals surface area contributed by atoms with Gasteiger partial charge in [-0.2, -0.15) is 5.10 Å². The van der Waals surface area contributed by atoms with E-state index in [1.54, 1.807) is 25.6 Å². The molecule has 2 rings (SSSR count). The Bertz CT molecular complexity index is 642. The first-order chi connectivity index (χ1) is 9.99. The van der Waals surface area contributed by atoms with Gasteiger partial charge in [0.05, 0.1) is 17.1 Å². The van der Waals surface area contributed by atoms with Crippen molar-refractivity contribution in [3.63, 3.8) is 0 Å². The third-order valence-corrected chi connectivity index (χ3v) is 5.22.